The number of hydrogen-bond donors (Lipinski definition) is 1. The van der Waals surface area contributed by atoms with Crippen LogP contribution in [0, 0.1) is 6.92 Å². The van der Waals surface area contributed by atoms with Crippen LogP contribution in [0.2, 0.25) is 0 Å². The summed E-state index contributed by atoms with van der Waals surface area (Å²) >= 11 is 0. The molecule has 0 radical (unpaired) electrons. The van der Waals surface area contributed by atoms with Crippen LogP contribution in [0.5, 0.6) is 5.75 Å². The molecule has 4 nitrogen and oxygen atoms in total. The summed E-state index contributed by atoms with van der Waals surface area (Å²) < 4.78 is 5.76. The van der Waals surface area contributed by atoms with Gasteiger partial charge in [0.1, 0.15) is 5.75 Å². The molecule has 2 N–H and O–H groups in total. The van der Waals surface area contributed by atoms with Gasteiger partial charge in [-0.1, -0.05) is 31.0 Å². The summed E-state index contributed by atoms with van der Waals surface area (Å²) in [5.74, 6) is 1.66. The van der Waals surface area contributed by atoms with Crippen LogP contribution in [0.15, 0.2) is 29.3 Å². The maximum absolute atomic E-state index is 6.07. The third-order valence-corrected chi connectivity index (χ3v) is 3.86. The molecular formula is C17H28IN3O. The van der Waals surface area contributed by atoms with Crippen molar-refractivity contribution in [3.63, 3.8) is 0 Å². The first-order valence-corrected chi connectivity index (χ1v) is 8.00. The molecule has 1 aromatic carbocycles. The van der Waals surface area contributed by atoms with Gasteiger partial charge in [-0.05, 0) is 31.4 Å². The molecule has 124 valence electrons. The number of aryl methyl sites for hydroxylation is 1. The van der Waals surface area contributed by atoms with E-state index in [1.807, 2.05) is 18.2 Å². The van der Waals surface area contributed by atoms with E-state index in [9.17, 15) is 0 Å². The third-order valence-electron chi connectivity index (χ3n) is 3.86. The Balaban J connectivity index is 0.00000242. The minimum Gasteiger partial charge on any atom is -0.493 e. The molecule has 1 aliphatic heterocycles. The second-order valence-corrected chi connectivity index (χ2v) is 5.61. The number of guanidine groups is 1. The number of para-hydroxylation sites is 1. The van der Waals surface area contributed by atoms with Crippen molar-refractivity contribution in [2.45, 2.75) is 39.0 Å². The molecule has 1 aliphatic rings. The van der Waals surface area contributed by atoms with Crippen LogP contribution in [0.4, 0.5) is 0 Å². The largest absolute Gasteiger partial charge is 0.493 e. The molecule has 0 saturated carbocycles. The molecule has 0 unspecified atom stereocenters. The quantitative estimate of drug-likeness (QED) is 0.345. The summed E-state index contributed by atoms with van der Waals surface area (Å²) in [6.07, 6.45) is 5.98. The van der Waals surface area contributed by atoms with Crippen molar-refractivity contribution in [1.29, 1.82) is 0 Å². The van der Waals surface area contributed by atoms with Gasteiger partial charge < -0.3 is 15.4 Å². The minimum atomic E-state index is 0. The summed E-state index contributed by atoms with van der Waals surface area (Å²) in [6.45, 7) is 5.57. The Morgan fingerprint density at radius 2 is 1.86 bits per heavy atom. The zero-order chi connectivity index (χ0) is 14.9. The molecule has 0 spiro atoms. The van der Waals surface area contributed by atoms with E-state index in [1.165, 1.54) is 31.2 Å². The first-order chi connectivity index (χ1) is 10.3. The number of likely N-dealkylation sites (tertiary alicyclic amines) is 1. The van der Waals surface area contributed by atoms with Crippen LogP contribution in [0.25, 0.3) is 0 Å². The van der Waals surface area contributed by atoms with E-state index >= 15 is 0 Å². The van der Waals surface area contributed by atoms with Crippen LogP contribution in [-0.4, -0.2) is 37.1 Å². The summed E-state index contributed by atoms with van der Waals surface area (Å²) in [7, 11) is 0. The lowest BCUT2D eigenvalue weighted by atomic mass is 10.2. The van der Waals surface area contributed by atoms with Gasteiger partial charge in [0.25, 0.3) is 0 Å². The number of aliphatic imine (C=N–C) groups is 1. The van der Waals surface area contributed by atoms with Gasteiger partial charge in [0.05, 0.1) is 6.61 Å². The fraction of sp³-hybridized carbons (Fsp3) is 0.588. The highest BCUT2D eigenvalue weighted by Crippen LogP contribution is 2.16. The highest BCUT2D eigenvalue weighted by atomic mass is 127. The Morgan fingerprint density at radius 1 is 1.18 bits per heavy atom. The Morgan fingerprint density at radius 3 is 2.55 bits per heavy atom. The van der Waals surface area contributed by atoms with E-state index in [1.54, 1.807) is 0 Å². The van der Waals surface area contributed by atoms with Crippen molar-refractivity contribution in [2.75, 3.05) is 26.2 Å². The number of benzene rings is 1. The minimum absolute atomic E-state index is 0. The van der Waals surface area contributed by atoms with E-state index in [0.29, 0.717) is 12.6 Å². The van der Waals surface area contributed by atoms with Gasteiger partial charge in [0.15, 0.2) is 5.96 Å². The van der Waals surface area contributed by atoms with E-state index in [-0.39, 0.29) is 24.0 Å². The molecule has 5 heteroatoms. The number of halogens is 1. The van der Waals surface area contributed by atoms with E-state index in [2.05, 4.69) is 22.9 Å². The van der Waals surface area contributed by atoms with Crippen molar-refractivity contribution in [1.82, 2.24) is 4.90 Å². The molecule has 0 aliphatic carbocycles. The molecule has 1 fully saturated rings. The standard InChI is InChI=1S/C17H27N3O.HI/c1-15-9-4-5-10-16(15)21-14-8-11-19-17(18)20-12-6-2-3-7-13-20;/h4-5,9-10H,2-3,6-8,11-14H2,1H3,(H2,18,19);1H. The summed E-state index contributed by atoms with van der Waals surface area (Å²) in [5, 5.41) is 0. The highest BCUT2D eigenvalue weighted by Gasteiger charge is 2.10. The van der Waals surface area contributed by atoms with Crippen molar-refractivity contribution >= 4 is 29.9 Å². The van der Waals surface area contributed by atoms with Crippen molar-refractivity contribution in [2.24, 2.45) is 10.7 Å². The number of ether oxygens (including phenoxy) is 1. The van der Waals surface area contributed by atoms with Gasteiger partial charge in [0.2, 0.25) is 0 Å². The SMILES string of the molecule is Cc1ccccc1OCCCN=C(N)N1CCCCCC1.I. The second-order valence-electron chi connectivity index (χ2n) is 5.61. The maximum Gasteiger partial charge on any atom is 0.191 e. The number of nitrogens with two attached hydrogens (primary N) is 1. The third kappa shape index (κ3) is 6.42. The normalized spacial score (nSPS) is 15.9. The number of nitrogens with zero attached hydrogens (tertiary/aromatic N) is 2. The molecule has 0 aromatic heterocycles. The van der Waals surface area contributed by atoms with E-state index in [4.69, 9.17) is 10.5 Å². The second kappa shape index (κ2) is 10.7. The van der Waals surface area contributed by atoms with Crippen LogP contribution in [0.3, 0.4) is 0 Å². The van der Waals surface area contributed by atoms with Gasteiger partial charge in [-0.3, -0.25) is 4.99 Å². The Labute approximate surface area is 151 Å². The topological polar surface area (TPSA) is 50.9 Å². The first kappa shape index (κ1) is 19.1. The van der Waals surface area contributed by atoms with Gasteiger partial charge in [-0.2, -0.15) is 0 Å². The lowest BCUT2D eigenvalue weighted by Crippen LogP contribution is -2.38. The summed E-state index contributed by atoms with van der Waals surface area (Å²) in [5.41, 5.74) is 7.24. The molecule has 2 rings (SSSR count). The van der Waals surface area contributed by atoms with Crippen LogP contribution < -0.4 is 10.5 Å². The summed E-state index contributed by atoms with van der Waals surface area (Å²) in [6, 6.07) is 8.08. The van der Waals surface area contributed by atoms with Gasteiger partial charge in [0, 0.05) is 26.1 Å². The predicted molar refractivity (Wildman–Crippen MR) is 103 cm³/mol. The average Bonchev–Trinajstić information content (AvgIpc) is 2.77. The van der Waals surface area contributed by atoms with Gasteiger partial charge in [-0.15, -0.1) is 24.0 Å². The molecule has 0 atom stereocenters. The first-order valence-electron chi connectivity index (χ1n) is 8.00. The molecular weight excluding hydrogens is 389 g/mol. The zero-order valence-corrected chi connectivity index (χ0v) is 15.8. The van der Waals surface area contributed by atoms with Crippen LogP contribution in [-0.2, 0) is 0 Å². The van der Waals surface area contributed by atoms with E-state index < -0.39 is 0 Å². The van der Waals surface area contributed by atoms with E-state index in [0.717, 1.165) is 31.8 Å². The van der Waals surface area contributed by atoms with Crippen LogP contribution >= 0.6 is 24.0 Å². The molecule has 1 aromatic rings. The zero-order valence-electron chi connectivity index (χ0n) is 13.5. The predicted octanol–water partition coefficient (Wildman–Crippen LogP) is 3.57. The lowest BCUT2D eigenvalue weighted by Gasteiger charge is -2.21. The molecule has 1 saturated heterocycles. The fourth-order valence-electron chi connectivity index (χ4n) is 2.56. The number of hydrogen-bond acceptors (Lipinski definition) is 2. The smallest absolute Gasteiger partial charge is 0.191 e. The van der Waals surface area contributed by atoms with Gasteiger partial charge in [-0.25, -0.2) is 0 Å². The Bertz CT molecular complexity index is 457. The molecule has 1 heterocycles. The molecule has 0 amide bonds. The van der Waals surface area contributed by atoms with Crippen LogP contribution in [0.1, 0.15) is 37.7 Å². The van der Waals surface area contributed by atoms with Crippen molar-refractivity contribution in [3.05, 3.63) is 29.8 Å². The Kier molecular flexibility index (Phi) is 9.27. The molecule has 0 bridgehead atoms. The van der Waals surface area contributed by atoms with Crippen molar-refractivity contribution in [3.8, 4) is 5.75 Å². The maximum atomic E-state index is 6.07. The Hall–Kier alpha value is -0.980. The average molecular weight is 417 g/mol. The lowest BCUT2D eigenvalue weighted by molar-refractivity contribution is 0.311. The highest BCUT2D eigenvalue weighted by molar-refractivity contribution is 14.0. The van der Waals surface area contributed by atoms with Crippen molar-refractivity contribution < 1.29 is 4.74 Å². The molecule has 22 heavy (non-hydrogen) atoms. The van der Waals surface area contributed by atoms with Gasteiger partial charge >= 0.3 is 0 Å². The monoisotopic (exact) mass is 417 g/mol. The number of rotatable bonds is 5. The summed E-state index contributed by atoms with van der Waals surface area (Å²) in [4.78, 5) is 6.70. The fourth-order valence-corrected chi connectivity index (χ4v) is 2.56.